The minimum atomic E-state index is -4.82. The summed E-state index contributed by atoms with van der Waals surface area (Å²) >= 11 is 0. The molecule has 14 heteroatoms. The van der Waals surface area contributed by atoms with Crippen LogP contribution in [0, 0.1) is 0 Å². The van der Waals surface area contributed by atoms with Crippen LogP contribution in [0.4, 0.5) is 19.0 Å². The number of nitrogens with zero attached hydrogens (tertiary/aromatic N) is 5. The molecule has 0 aliphatic carbocycles. The number of nitrogens with one attached hydrogen (secondary N) is 2. The third-order valence-corrected chi connectivity index (χ3v) is 6.09. The van der Waals surface area contributed by atoms with Gasteiger partial charge in [0.15, 0.2) is 5.65 Å². The number of aromatic nitrogens is 5. The van der Waals surface area contributed by atoms with Crippen LogP contribution in [0.5, 0.6) is 6.01 Å². The molecule has 4 heterocycles. The zero-order chi connectivity index (χ0) is 26.6. The van der Waals surface area contributed by atoms with Crippen LogP contribution in [-0.2, 0) is 4.74 Å². The number of piperidine rings is 1. The summed E-state index contributed by atoms with van der Waals surface area (Å²) in [5.74, 6) is -0.581. The Kier molecular flexibility index (Phi) is 8.07. The van der Waals surface area contributed by atoms with Crippen molar-refractivity contribution in [1.29, 1.82) is 0 Å². The smallest absolute Gasteiger partial charge is 0.410 e. The van der Waals surface area contributed by atoms with Gasteiger partial charge in [0.25, 0.3) is 5.91 Å². The molecule has 3 aromatic rings. The molecule has 1 aliphatic heterocycles. The molecule has 4 rings (SSSR count). The number of H-pyrrole nitrogens is 1. The predicted molar refractivity (Wildman–Crippen MR) is 126 cm³/mol. The van der Waals surface area contributed by atoms with Gasteiger partial charge in [-0.2, -0.15) is 28.2 Å². The lowest BCUT2D eigenvalue weighted by atomic mass is 9.92. The Balaban J connectivity index is 1.54. The SMILES string of the molecule is COC[C@@H](C)Oc1nc(C(=O)N[C@H](CO)C(F)(F)F)cc(N2CCC(c3n[nH]c4ncccc34)CC2)n1. The van der Waals surface area contributed by atoms with Crippen LogP contribution in [-0.4, -0.2) is 87.9 Å². The van der Waals surface area contributed by atoms with Crippen molar-refractivity contribution in [3.05, 3.63) is 35.8 Å². The second kappa shape index (κ2) is 11.3. The highest BCUT2D eigenvalue weighted by molar-refractivity contribution is 5.93. The molecule has 3 N–H and O–H groups in total. The van der Waals surface area contributed by atoms with Crippen LogP contribution in [0.2, 0.25) is 0 Å². The van der Waals surface area contributed by atoms with Crippen LogP contribution in [0.3, 0.4) is 0 Å². The van der Waals surface area contributed by atoms with E-state index in [1.54, 1.807) is 18.4 Å². The zero-order valence-corrected chi connectivity index (χ0v) is 20.3. The molecular formula is C23H28F3N7O4. The Morgan fingerprint density at radius 3 is 2.76 bits per heavy atom. The minimum Gasteiger partial charge on any atom is -0.458 e. The van der Waals surface area contributed by atoms with Gasteiger partial charge in [-0.15, -0.1) is 0 Å². The average molecular weight is 524 g/mol. The van der Waals surface area contributed by atoms with Gasteiger partial charge >= 0.3 is 12.2 Å². The highest BCUT2D eigenvalue weighted by Crippen LogP contribution is 2.33. The quantitative estimate of drug-likeness (QED) is 0.385. The van der Waals surface area contributed by atoms with E-state index in [-0.39, 0.29) is 24.2 Å². The van der Waals surface area contributed by atoms with Crippen LogP contribution >= 0.6 is 0 Å². The number of carbonyl (C=O) groups is 1. The van der Waals surface area contributed by atoms with Gasteiger partial charge in [-0.05, 0) is 31.9 Å². The maximum absolute atomic E-state index is 13.1. The first-order valence-corrected chi connectivity index (χ1v) is 11.8. The number of alkyl halides is 3. The molecule has 0 radical (unpaired) electrons. The van der Waals surface area contributed by atoms with E-state index in [0.29, 0.717) is 18.9 Å². The molecule has 11 nitrogen and oxygen atoms in total. The topological polar surface area (TPSA) is 138 Å². The van der Waals surface area contributed by atoms with E-state index in [1.165, 1.54) is 13.2 Å². The Morgan fingerprint density at radius 1 is 1.32 bits per heavy atom. The number of halogens is 3. The van der Waals surface area contributed by atoms with Crippen LogP contribution in [0.1, 0.15) is 41.9 Å². The second-order valence-electron chi connectivity index (χ2n) is 8.80. The number of anilines is 1. The number of aromatic amines is 1. The van der Waals surface area contributed by atoms with E-state index in [4.69, 9.17) is 14.6 Å². The number of amides is 1. The van der Waals surface area contributed by atoms with Crippen LogP contribution < -0.4 is 15.0 Å². The second-order valence-corrected chi connectivity index (χ2v) is 8.80. The predicted octanol–water partition coefficient (Wildman–Crippen LogP) is 2.20. The standard InChI is InChI=1S/C23H28F3N7O4/c1-13(12-36-2)37-22-28-16(21(35)29-17(11-34)23(24,25)26)10-18(30-22)33-8-5-14(6-9-33)19-15-4-3-7-27-20(15)32-31-19/h3-4,7,10,13-14,17,34H,5-6,8-9,11-12H2,1-2H3,(H,29,35)(H,27,31,32)/t13-,17-/m1/s1. The summed E-state index contributed by atoms with van der Waals surface area (Å²) in [6.45, 7) is 1.75. The van der Waals surface area contributed by atoms with Crippen molar-refractivity contribution in [2.45, 2.75) is 44.0 Å². The Labute approximate surface area is 210 Å². The number of carbonyl (C=O) groups excluding carboxylic acids is 1. The van der Waals surface area contributed by atoms with Gasteiger partial charge in [0, 0.05) is 43.8 Å². The molecule has 200 valence electrons. The largest absolute Gasteiger partial charge is 0.458 e. The molecule has 37 heavy (non-hydrogen) atoms. The number of aliphatic hydroxyl groups is 1. The Bertz CT molecular complexity index is 1210. The fourth-order valence-corrected chi connectivity index (χ4v) is 4.22. The van der Waals surface area contributed by atoms with Gasteiger partial charge in [0.1, 0.15) is 23.7 Å². The van der Waals surface area contributed by atoms with Gasteiger partial charge in [-0.25, -0.2) is 4.98 Å². The molecule has 0 saturated carbocycles. The maximum Gasteiger partial charge on any atom is 0.410 e. The third kappa shape index (κ3) is 6.25. The van der Waals surface area contributed by atoms with Gasteiger partial charge in [-0.1, -0.05) is 0 Å². The lowest BCUT2D eigenvalue weighted by Crippen LogP contribution is -2.48. The number of ether oxygens (including phenoxy) is 2. The summed E-state index contributed by atoms with van der Waals surface area (Å²) in [4.78, 5) is 27.3. The summed E-state index contributed by atoms with van der Waals surface area (Å²) in [6, 6.07) is 2.56. The molecule has 0 aromatic carbocycles. The first kappa shape index (κ1) is 26.5. The van der Waals surface area contributed by atoms with E-state index in [0.717, 1.165) is 29.6 Å². The molecule has 1 saturated heterocycles. The van der Waals surface area contributed by atoms with Crippen molar-refractivity contribution in [1.82, 2.24) is 30.5 Å². The van der Waals surface area contributed by atoms with E-state index < -0.39 is 30.8 Å². The molecular weight excluding hydrogens is 495 g/mol. The Morgan fingerprint density at radius 2 is 2.08 bits per heavy atom. The first-order chi connectivity index (χ1) is 17.7. The van der Waals surface area contributed by atoms with Crippen LogP contribution in [0.25, 0.3) is 11.0 Å². The van der Waals surface area contributed by atoms with Crippen molar-refractivity contribution in [2.24, 2.45) is 0 Å². The van der Waals surface area contributed by atoms with Gasteiger partial charge in [0.2, 0.25) is 0 Å². The summed E-state index contributed by atoms with van der Waals surface area (Å²) < 4.78 is 50.0. The number of fused-ring (bicyclic) bond motifs is 1. The molecule has 1 aliphatic rings. The fraction of sp³-hybridized carbons (Fsp3) is 0.522. The number of hydrogen-bond donors (Lipinski definition) is 3. The van der Waals surface area contributed by atoms with E-state index in [2.05, 4.69) is 25.1 Å². The summed E-state index contributed by atoms with van der Waals surface area (Å²) in [5, 5.41) is 19.2. The number of aliphatic hydroxyl groups excluding tert-OH is 1. The lowest BCUT2D eigenvalue weighted by Gasteiger charge is -2.32. The molecule has 0 bridgehead atoms. The third-order valence-electron chi connectivity index (χ3n) is 6.09. The molecule has 3 aromatic heterocycles. The number of rotatable bonds is 9. The van der Waals surface area contributed by atoms with Crippen molar-refractivity contribution in [3.63, 3.8) is 0 Å². The number of methoxy groups -OCH3 is 1. The lowest BCUT2D eigenvalue weighted by molar-refractivity contribution is -0.161. The highest BCUT2D eigenvalue weighted by atomic mass is 19.4. The first-order valence-electron chi connectivity index (χ1n) is 11.8. The zero-order valence-electron chi connectivity index (χ0n) is 20.3. The van der Waals surface area contributed by atoms with E-state index in [1.807, 2.05) is 17.0 Å². The maximum atomic E-state index is 13.1. The van der Waals surface area contributed by atoms with Gasteiger partial charge < -0.3 is 24.8 Å². The molecule has 0 spiro atoms. The average Bonchev–Trinajstić information content (AvgIpc) is 3.30. The highest BCUT2D eigenvalue weighted by Gasteiger charge is 2.40. The molecule has 2 atom stereocenters. The summed E-state index contributed by atoms with van der Waals surface area (Å²) in [5.41, 5.74) is 1.35. The minimum absolute atomic E-state index is 0.161. The van der Waals surface area contributed by atoms with E-state index in [9.17, 15) is 18.0 Å². The van der Waals surface area contributed by atoms with Crippen molar-refractivity contribution < 1.29 is 32.5 Å². The molecule has 0 unspecified atom stereocenters. The van der Waals surface area contributed by atoms with Crippen molar-refractivity contribution in [2.75, 3.05) is 38.3 Å². The monoisotopic (exact) mass is 523 g/mol. The van der Waals surface area contributed by atoms with E-state index >= 15 is 0 Å². The summed E-state index contributed by atoms with van der Waals surface area (Å²) in [6.07, 6.45) is -2.13. The Hall–Kier alpha value is -3.52. The summed E-state index contributed by atoms with van der Waals surface area (Å²) in [7, 11) is 1.49. The van der Waals surface area contributed by atoms with Gasteiger partial charge in [0.05, 0.1) is 18.9 Å². The van der Waals surface area contributed by atoms with Crippen molar-refractivity contribution in [3.8, 4) is 6.01 Å². The number of hydrogen-bond acceptors (Lipinski definition) is 9. The van der Waals surface area contributed by atoms with Crippen LogP contribution in [0.15, 0.2) is 24.4 Å². The normalized spacial score (nSPS) is 16.5. The van der Waals surface area contributed by atoms with Crippen molar-refractivity contribution >= 4 is 22.8 Å². The fourth-order valence-electron chi connectivity index (χ4n) is 4.22. The number of pyridine rings is 1. The molecule has 1 amide bonds. The van der Waals surface area contributed by atoms with Gasteiger partial charge in [-0.3, -0.25) is 9.89 Å². The molecule has 1 fully saturated rings.